The summed E-state index contributed by atoms with van der Waals surface area (Å²) < 4.78 is 26.8. The second-order valence-corrected chi connectivity index (χ2v) is 12.9. The van der Waals surface area contributed by atoms with Gasteiger partial charge in [-0.3, -0.25) is 4.57 Å². The number of hydrogen-bond acceptors (Lipinski definition) is 4. The number of aliphatic hydroxyl groups excluding tert-OH is 1. The second-order valence-electron chi connectivity index (χ2n) is 10.5. The van der Waals surface area contributed by atoms with Crippen LogP contribution in [-0.4, -0.2) is 35.5 Å². The highest BCUT2D eigenvalue weighted by molar-refractivity contribution is 7.53. The van der Waals surface area contributed by atoms with Crippen LogP contribution in [0, 0.1) is 35.5 Å². The van der Waals surface area contributed by atoms with E-state index in [1.807, 2.05) is 0 Å². The zero-order valence-electron chi connectivity index (χ0n) is 19.4. The Balaban J connectivity index is 2.23. The average Bonchev–Trinajstić information content (AvgIpc) is 2.60. The van der Waals surface area contributed by atoms with Gasteiger partial charge in [0.05, 0.1) is 24.5 Å². The Labute approximate surface area is 184 Å². The van der Waals surface area contributed by atoms with Gasteiger partial charge in [-0.25, -0.2) is 0 Å². The van der Waals surface area contributed by atoms with Gasteiger partial charge in [-0.15, -0.1) is 11.6 Å². The van der Waals surface area contributed by atoms with Crippen molar-refractivity contribution in [2.75, 3.05) is 12.0 Å². The van der Waals surface area contributed by atoms with Crippen LogP contribution in [0.3, 0.4) is 0 Å². The predicted molar refractivity (Wildman–Crippen MR) is 122 cm³/mol. The molecule has 29 heavy (non-hydrogen) atoms. The van der Waals surface area contributed by atoms with E-state index in [-0.39, 0.29) is 24.2 Å². The standard InChI is InChI=1S/C23H44ClO4P/c1-15(2)20-9-7-17(5)11-22(20)27-29(26,14-19(25)13-24)28-23-12-18(6)8-10-21(23)16(3)4/h15-23,25H,7-14H2,1-6H3/t17-,18-,19-,20+,21+,22-,23-/m1/s1. The molecule has 172 valence electrons. The minimum Gasteiger partial charge on any atom is -0.391 e. The lowest BCUT2D eigenvalue weighted by molar-refractivity contribution is -0.00535. The summed E-state index contributed by atoms with van der Waals surface area (Å²) in [6.45, 7) is 13.3. The quantitative estimate of drug-likeness (QED) is 0.312. The van der Waals surface area contributed by atoms with Gasteiger partial charge < -0.3 is 14.2 Å². The second kappa shape index (κ2) is 11.3. The van der Waals surface area contributed by atoms with E-state index in [9.17, 15) is 9.67 Å². The molecule has 2 saturated carbocycles. The Morgan fingerprint density at radius 3 is 1.66 bits per heavy atom. The number of halogens is 1. The molecule has 0 aromatic heterocycles. The van der Waals surface area contributed by atoms with Gasteiger partial charge in [0, 0.05) is 5.88 Å². The lowest BCUT2D eigenvalue weighted by atomic mass is 9.75. The lowest BCUT2D eigenvalue weighted by Gasteiger charge is -2.42. The van der Waals surface area contributed by atoms with Gasteiger partial charge >= 0.3 is 7.60 Å². The number of aliphatic hydroxyl groups is 1. The van der Waals surface area contributed by atoms with Crippen molar-refractivity contribution < 1.29 is 18.7 Å². The maximum absolute atomic E-state index is 14.0. The van der Waals surface area contributed by atoms with E-state index in [1.54, 1.807) is 0 Å². The molecule has 0 saturated heterocycles. The number of alkyl halides is 1. The van der Waals surface area contributed by atoms with E-state index in [1.165, 1.54) is 12.8 Å². The SMILES string of the molecule is CC(C)[C@@H]1CC[C@@H](C)C[C@H]1OP(=O)(C[C@H](O)CCl)O[C@@H]1C[C@H](C)CC[C@H]1C(C)C. The Hall–Kier alpha value is 0.400. The van der Waals surface area contributed by atoms with Crippen LogP contribution in [0.15, 0.2) is 0 Å². The van der Waals surface area contributed by atoms with Gasteiger partial charge in [-0.1, -0.05) is 54.4 Å². The van der Waals surface area contributed by atoms with Gasteiger partial charge in [0.1, 0.15) is 0 Å². The molecule has 0 aliphatic heterocycles. The highest BCUT2D eigenvalue weighted by Gasteiger charge is 2.42. The lowest BCUT2D eigenvalue weighted by Crippen LogP contribution is -2.37. The summed E-state index contributed by atoms with van der Waals surface area (Å²) in [7, 11) is -3.47. The van der Waals surface area contributed by atoms with Gasteiger partial charge in [-0.05, 0) is 61.2 Å². The minimum atomic E-state index is -3.47. The molecule has 7 atom stereocenters. The molecule has 0 radical (unpaired) electrons. The van der Waals surface area contributed by atoms with Crippen LogP contribution >= 0.6 is 19.2 Å². The molecule has 4 nitrogen and oxygen atoms in total. The molecule has 0 spiro atoms. The Morgan fingerprint density at radius 1 is 0.897 bits per heavy atom. The molecule has 1 N–H and O–H groups in total. The average molecular weight is 451 g/mol. The highest BCUT2D eigenvalue weighted by atomic mass is 35.5. The minimum absolute atomic E-state index is 0.0120. The molecule has 6 heteroatoms. The van der Waals surface area contributed by atoms with Gasteiger partial charge in [0.15, 0.2) is 0 Å². The topological polar surface area (TPSA) is 55.8 Å². The molecule has 0 aromatic carbocycles. The molecule has 2 aliphatic carbocycles. The van der Waals surface area contributed by atoms with Crippen molar-refractivity contribution in [3.05, 3.63) is 0 Å². The first-order valence-electron chi connectivity index (χ1n) is 11.7. The summed E-state index contributed by atoms with van der Waals surface area (Å²) in [6.07, 6.45) is 5.33. The van der Waals surface area contributed by atoms with Crippen LogP contribution in [0.1, 0.15) is 80.1 Å². The van der Waals surface area contributed by atoms with E-state index in [2.05, 4.69) is 41.5 Å². The van der Waals surface area contributed by atoms with Crippen LogP contribution in [0.2, 0.25) is 0 Å². The third-order valence-electron chi connectivity index (χ3n) is 7.13. The van der Waals surface area contributed by atoms with Gasteiger partial charge in [-0.2, -0.15) is 0 Å². The van der Waals surface area contributed by atoms with Crippen molar-refractivity contribution >= 4 is 19.2 Å². The molecule has 0 unspecified atom stereocenters. The van der Waals surface area contributed by atoms with Crippen molar-refractivity contribution in [3.63, 3.8) is 0 Å². The fraction of sp³-hybridized carbons (Fsp3) is 1.00. The molecule has 2 rings (SSSR count). The normalized spacial score (nSPS) is 35.2. The first-order valence-corrected chi connectivity index (χ1v) is 14.0. The Bertz CT molecular complexity index is 503. The van der Waals surface area contributed by atoms with Gasteiger partial charge in [0.2, 0.25) is 0 Å². The fourth-order valence-corrected chi connectivity index (χ4v) is 7.74. The van der Waals surface area contributed by atoms with Crippen molar-refractivity contribution in [1.82, 2.24) is 0 Å². The van der Waals surface area contributed by atoms with Gasteiger partial charge in [0.25, 0.3) is 0 Å². The summed E-state index contributed by atoms with van der Waals surface area (Å²) >= 11 is 5.87. The summed E-state index contributed by atoms with van der Waals surface area (Å²) in [5, 5.41) is 10.2. The van der Waals surface area contributed by atoms with Crippen LogP contribution in [-0.2, 0) is 13.6 Å². The third-order valence-corrected chi connectivity index (χ3v) is 9.54. The molecular formula is C23H44ClO4P. The molecular weight excluding hydrogens is 407 g/mol. The summed E-state index contributed by atoms with van der Waals surface area (Å²) in [5.41, 5.74) is 0. The Morgan fingerprint density at radius 2 is 1.31 bits per heavy atom. The van der Waals surface area contributed by atoms with E-state index in [0.717, 1.165) is 25.7 Å². The van der Waals surface area contributed by atoms with Crippen molar-refractivity contribution in [3.8, 4) is 0 Å². The monoisotopic (exact) mass is 450 g/mol. The van der Waals surface area contributed by atoms with Crippen LogP contribution < -0.4 is 0 Å². The van der Waals surface area contributed by atoms with Crippen LogP contribution in [0.4, 0.5) is 0 Å². The molecule has 0 bridgehead atoms. The maximum Gasteiger partial charge on any atom is 0.333 e. The fourth-order valence-electron chi connectivity index (χ4n) is 5.30. The van der Waals surface area contributed by atoms with Crippen LogP contribution in [0.25, 0.3) is 0 Å². The van der Waals surface area contributed by atoms with E-state index in [0.29, 0.717) is 35.5 Å². The van der Waals surface area contributed by atoms with E-state index >= 15 is 0 Å². The summed E-state index contributed by atoms with van der Waals surface area (Å²) in [6, 6.07) is 0. The largest absolute Gasteiger partial charge is 0.391 e. The summed E-state index contributed by atoms with van der Waals surface area (Å²) in [5.74, 6) is 2.85. The highest BCUT2D eigenvalue weighted by Crippen LogP contribution is 2.56. The van der Waals surface area contributed by atoms with E-state index in [4.69, 9.17) is 20.6 Å². The molecule has 0 aromatic rings. The third kappa shape index (κ3) is 7.49. The Kier molecular flexibility index (Phi) is 10.0. The first kappa shape index (κ1) is 25.7. The van der Waals surface area contributed by atoms with Crippen molar-refractivity contribution in [2.45, 2.75) is 98.4 Å². The maximum atomic E-state index is 14.0. The van der Waals surface area contributed by atoms with Crippen LogP contribution in [0.5, 0.6) is 0 Å². The zero-order chi connectivity index (χ0) is 21.8. The number of rotatable bonds is 9. The molecule has 2 aliphatic rings. The molecule has 2 fully saturated rings. The molecule has 0 heterocycles. The zero-order valence-corrected chi connectivity index (χ0v) is 21.0. The smallest absolute Gasteiger partial charge is 0.333 e. The summed E-state index contributed by atoms with van der Waals surface area (Å²) in [4.78, 5) is 0. The van der Waals surface area contributed by atoms with E-state index < -0.39 is 13.7 Å². The molecule has 0 amide bonds. The number of hydrogen-bond donors (Lipinski definition) is 1. The van der Waals surface area contributed by atoms with Crippen molar-refractivity contribution in [1.29, 1.82) is 0 Å². The predicted octanol–water partition coefficient (Wildman–Crippen LogP) is 6.73. The first-order chi connectivity index (χ1) is 13.5. The van der Waals surface area contributed by atoms with Crippen molar-refractivity contribution in [2.24, 2.45) is 35.5 Å².